The largest absolute Gasteiger partial charge is 0.487 e. The van der Waals surface area contributed by atoms with Crippen molar-refractivity contribution in [1.82, 2.24) is 4.90 Å². The lowest BCUT2D eigenvalue weighted by Gasteiger charge is -2.30. The molecule has 158 valence electrons. The van der Waals surface area contributed by atoms with Crippen molar-refractivity contribution in [3.63, 3.8) is 0 Å². The molecule has 30 heavy (non-hydrogen) atoms. The van der Waals surface area contributed by atoms with Crippen LogP contribution in [0.1, 0.15) is 13.3 Å². The number of para-hydroxylation sites is 1. The highest BCUT2D eigenvalue weighted by Gasteiger charge is 2.35. The molecule has 2 amide bonds. The molecule has 0 bridgehead atoms. The molecule has 0 radical (unpaired) electrons. The summed E-state index contributed by atoms with van der Waals surface area (Å²) in [6.07, 6.45) is 0.0494. The van der Waals surface area contributed by atoms with Gasteiger partial charge in [-0.1, -0.05) is 30.0 Å². The number of thioether (sulfide) groups is 1. The van der Waals surface area contributed by atoms with Gasteiger partial charge in [0.2, 0.25) is 11.8 Å². The van der Waals surface area contributed by atoms with Crippen LogP contribution < -0.4 is 10.1 Å². The third kappa shape index (κ3) is 5.93. The van der Waals surface area contributed by atoms with Crippen LogP contribution in [0.5, 0.6) is 5.75 Å². The Balaban J connectivity index is 1.77. The zero-order valence-corrected chi connectivity index (χ0v) is 17.4. The third-order valence-electron chi connectivity index (χ3n) is 4.08. The second-order valence-corrected chi connectivity index (χ2v) is 7.85. The van der Waals surface area contributed by atoms with Crippen molar-refractivity contribution in [2.45, 2.75) is 24.2 Å². The smallest absolute Gasteiger partial charge is 0.420 e. The maximum Gasteiger partial charge on any atom is 0.487 e. The molecule has 1 unspecified atom stereocenters. The van der Waals surface area contributed by atoms with Gasteiger partial charge >= 0.3 is 5.57 Å². The minimum absolute atomic E-state index is 0.0494. The van der Waals surface area contributed by atoms with E-state index in [1.54, 1.807) is 31.2 Å². The van der Waals surface area contributed by atoms with Crippen LogP contribution in [-0.2, 0) is 9.59 Å². The molecule has 2 aromatic rings. The molecule has 6 nitrogen and oxygen atoms in total. The number of ether oxygens (including phenoxy) is 1. The van der Waals surface area contributed by atoms with Gasteiger partial charge in [-0.05, 0) is 43.3 Å². The summed E-state index contributed by atoms with van der Waals surface area (Å²) in [5, 5.41) is 2.51. The highest BCUT2D eigenvalue weighted by atomic mass is 35.5. The van der Waals surface area contributed by atoms with Crippen LogP contribution in [0, 0.1) is 0 Å². The number of carbonyl (C=O) groups excluding carboxylic acids is 2. The first-order chi connectivity index (χ1) is 14.2. The lowest BCUT2D eigenvalue weighted by atomic mass is 10.2. The van der Waals surface area contributed by atoms with Gasteiger partial charge in [0, 0.05) is 30.3 Å². The summed E-state index contributed by atoms with van der Waals surface area (Å²) in [5.74, 6) is -0.639. The standard InChI is InChI=1S/C20H18ClF2N3O3S/c1-2-26-17(27)12-16(18(28)24-13-6-4-3-5-7-13)30-19(26)25-14-8-10-15(11-9-14)29-20(21,22)23/h3-11,16H,2,12H2,1H3,(H,24,28). The van der Waals surface area contributed by atoms with E-state index in [-0.39, 0.29) is 24.0 Å². The molecule has 1 saturated heterocycles. The zero-order chi connectivity index (χ0) is 21.7. The number of aliphatic imine (C=N–C) groups is 1. The van der Waals surface area contributed by atoms with Crippen molar-refractivity contribution in [3.8, 4) is 5.75 Å². The van der Waals surface area contributed by atoms with Crippen molar-refractivity contribution in [2.24, 2.45) is 4.99 Å². The Kier molecular flexibility index (Phi) is 6.94. The average molecular weight is 454 g/mol. The van der Waals surface area contributed by atoms with Crippen LogP contribution in [-0.4, -0.2) is 39.2 Å². The number of nitrogens with one attached hydrogen (secondary N) is 1. The lowest BCUT2D eigenvalue weighted by molar-refractivity contribution is -0.129. The summed E-state index contributed by atoms with van der Waals surface area (Å²) < 4.78 is 29.7. The van der Waals surface area contributed by atoms with Gasteiger partial charge in [0.1, 0.15) is 11.0 Å². The maximum absolute atomic E-state index is 12.7. The molecule has 3 rings (SSSR count). The SMILES string of the molecule is CCN1C(=O)CC(C(=O)Nc2ccccc2)SC1=Nc1ccc(OC(F)(F)Cl)cc1. The monoisotopic (exact) mass is 453 g/mol. The Morgan fingerprint density at radius 1 is 1.27 bits per heavy atom. The summed E-state index contributed by atoms with van der Waals surface area (Å²) in [6.45, 7) is 2.19. The number of hydrogen-bond acceptors (Lipinski definition) is 5. The van der Waals surface area contributed by atoms with Crippen molar-refractivity contribution in [3.05, 3.63) is 54.6 Å². The Hall–Kier alpha value is -2.65. The number of carbonyl (C=O) groups is 2. The number of hydrogen-bond donors (Lipinski definition) is 1. The molecule has 1 fully saturated rings. The molecule has 1 aliphatic rings. The minimum Gasteiger partial charge on any atom is -0.420 e. The van der Waals surface area contributed by atoms with Crippen LogP contribution in [0.2, 0.25) is 0 Å². The molecule has 2 aromatic carbocycles. The Morgan fingerprint density at radius 2 is 1.93 bits per heavy atom. The van der Waals surface area contributed by atoms with Gasteiger partial charge in [0.25, 0.3) is 0 Å². The molecule has 1 aliphatic heterocycles. The van der Waals surface area contributed by atoms with E-state index in [9.17, 15) is 18.4 Å². The molecule has 0 aliphatic carbocycles. The number of halogens is 3. The fraction of sp³-hybridized carbons (Fsp3) is 0.250. The topological polar surface area (TPSA) is 71.0 Å². The van der Waals surface area contributed by atoms with Crippen LogP contribution in [0.25, 0.3) is 0 Å². The lowest BCUT2D eigenvalue weighted by Crippen LogP contribution is -2.45. The Bertz CT molecular complexity index is 937. The summed E-state index contributed by atoms with van der Waals surface area (Å²) >= 11 is 5.93. The highest BCUT2D eigenvalue weighted by Crippen LogP contribution is 2.31. The van der Waals surface area contributed by atoms with E-state index in [0.717, 1.165) is 0 Å². The molecular formula is C20H18ClF2N3O3S. The van der Waals surface area contributed by atoms with Crippen molar-refractivity contribution >= 4 is 51.7 Å². The normalized spacial score (nSPS) is 18.4. The van der Waals surface area contributed by atoms with Crippen LogP contribution >= 0.6 is 23.4 Å². The molecule has 1 N–H and O–H groups in total. The maximum atomic E-state index is 12.7. The molecule has 10 heteroatoms. The van der Waals surface area contributed by atoms with Gasteiger partial charge in [-0.2, -0.15) is 0 Å². The number of amidine groups is 1. The van der Waals surface area contributed by atoms with Gasteiger partial charge in [0.15, 0.2) is 5.17 Å². The number of amides is 2. The van der Waals surface area contributed by atoms with E-state index < -0.39 is 10.8 Å². The first-order valence-corrected chi connectivity index (χ1v) is 10.3. The highest BCUT2D eigenvalue weighted by molar-refractivity contribution is 8.15. The van der Waals surface area contributed by atoms with E-state index in [0.29, 0.717) is 23.1 Å². The van der Waals surface area contributed by atoms with Crippen molar-refractivity contribution < 1.29 is 23.1 Å². The van der Waals surface area contributed by atoms with Gasteiger partial charge in [-0.15, -0.1) is 8.78 Å². The molecule has 1 atom stereocenters. The first-order valence-electron chi connectivity index (χ1n) is 9.02. The van der Waals surface area contributed by atoms with Gasteiger partial charge in [-0.25, -0.2) is 4.99 Å². The summed E-state index contributed by atoms with van der Waals surface area (Å²) in [4.78, 5) is 31.1. The third-order valence-corrected chi connectivity index (χ3v) is 5.35. The first kappa shape index (κ1) is 22.0. The number of benzene rings is 2. The van der Waals surface area contributed by atoms with Crippen LogP contribution in [0.4, 0.5) is 20.2 Å². The summed E-state index contributed by atoms with van der Waals surface area (Å²) in [5.41, 5.74) is -2.76. The fourth-order valence-corrected chi connectivity index (χ4v) is 3.98. The Morgan fingerprint density at radius 3 is 2.53 bits per heavy atom. The predicted octanol–water partition coefficient (Wildman–Crippen LogP) is 4.83. The number of anilines is 1. The molecular weight excluding hydrogens is 436 g/mol. The molecule has 0 saturated carbocycles. The quantitative estimate of drug-likeness (QED) is 0.636. The summed E-state index contributed by atoms with van der Waals surface area (Å²) in [7, 11) is 0. The summed E-state index contributed by atoms with van der Waals surface area (Å²) in [6, 6.07) is 14.4. The molecule has 0 spiro atoms. The van der Waals surface area contributed by atoms with Crippen molar-refractivity contribution in [2.75, 3.05) is 11.9 Å². The second kappa shape index (κ2) is 9.44. The van der Waals surface area contributed by atoms with Gasteiger partial charge in [-0.3, -0.25) is 14.5 Å². The van der Waals surface area contributed by atoms with Crippen LogP contribution in [0.3, 0.4) is 0 Å². The number of rotatable bonds is 6. The van der Waals surface area contributed by atoms with Crippen molar-refractivity contribution in [1.29, 1.82) is 0 Å². The van der Waals surface area contributed by atoms with Crippen LogP contribution in [0.15, 0.2) is 59.6 Å². The number of alkyl halides is 3. The molecule has 0 aromatic heterocycles. The second-order valence-electron chi connectivity index (χ2n) is 6.24. The number of nitrogens with zero attached hydrogens (tertiary/aromatic N) is 2. The predicted molar refractivity (Wildman–Crippen MR) is 113 cm³/mol. The molecule has 1 heterocycles. The Labute approximate surface area is 181 Å². The van der Waals surface area contributed by atoms with E-state index in [4.69, 9.17) is 11.6 Å². The van der Waals surface area contributed by atoms with E-state index >= 15 is 0 Å². The van der Waals surface area contributed by atoms with Gasteiger partial charge < -0.3 is 10.1 Å². The van der Waals surface area contributed by atoms with E-state index in [2.05, 4.69) is 15.0 Å². The average Bonchev–Trinajstić information content (AvgIpc) is 2.69. The minimum atomic E-state index is -3.81. The van der Waals surface area contributed by atoms with E-state index in [1.807, 2.05) is 6.07 Å². The zero-order valence-electron chi connectivity index (χ0n) is 15.8. The van der Waals surface area contributed by atoms with Gasteiger partial charge in [0.05, 0.1) is 5.69 Å². The fourth-order valence-electron chi connectivity index (χ4n) is 2.73. The van der Waals surface area contributed by atoms with E-state index in [1.165, 1.54) is 40.9 Å².